The van der Waals surface area contributed by atoms with Crippen LogP contribution in [0.2, 0.25) is 0 Å². The second-order valence-corrected chi connectivity index (χ2v) is 4.84. The van der Waals surface area contributed by atoms with Gasteiger partial charge in [-0.05, 0) is 12.1 Å². The second kappa shape index (κ2) is 5.04. The molecule has 1 aromatic carbocycles. The number of benzene rings is 1. The first-order chi connectivity index (χ1) is 10.6. The molecule has 3 rings (SSSR count). The Kier molecular flexibility index (Phi) is 3.38. The van der Waals surface area contributed by atoms with Crippen molar-refractivity contribution in [3.63, 3.8) is 0 Å². The normalized spacial score (nSPS) is 14.8. The lowest BCUT2D eigenvalue weighted by Crippen LogP contribution is -2.31. The third-order valence-corrected chi connectivity index (χ3v) is 3.22. The lowest BCUT2D eigenvalue weighted by Gasteiger charge is -2.27. The predicted molar refractivity (Wildman–Crippen MR) is 69.9 cm³/mol. The fourth-order valence-electron chi connectivity index (χ4n) is 2.32. The van der Waals surface area contributed by atoms with E-state index in [1.165, 1.54) is 6.07 Å². The molecule has 122 valence electrons. The highest BCUT2D eigenvalue weighted by Gasteiger charge is 2.35. The fourth-order valence-corrected chi connectivity index (χ4v) is 2.32. The smallest absolute Gasteiger partial charge is 0.417 e. The average molecular weight is 334 g/mol. The van der Waals surface area contributed by atoms with E-state index in [2.05, 4.69) is 4.98 Å². The van der Waals surface area contributed by atoms with Crippen LogP contribution in [0.1, 0.15) is 5.56 Å². The van der Waals surface area contributed by atoms with Gasteiger partial charge in [0.2, 0.25) is 0 Å². The number of aromatic nitrogens is 1. The van der Waals surface area contributed by atoms with E-state index in [4.69, 9.17) is 4.74 Å². The van der Waals surface area contributed by atoms with E-state index in [0.29, 0.717) is 0 Å². The molecule has 2 aromatic rings. The maximum Gasteiger partial charge on any atom is 0.417 e. The summed E-state index contributed by atoms with van der Waals surface area (Å²) in [5, 5.41) is -0.287. The lowest BCUT2D eigenvalue weighted by atomic mass is 10.1. The first-order valence-corrected chi connectivity index (χ1v) is 6.32. The van der Waals surface area contributed by atoms with Crippen LogP contribution in [0.3, 0.4) is 0 Å². The van der Waals surface area contributed by atoms with Gasteiger partial charge in [-0.1, -0.05) is 0 Å². The lowest BCUT2D eigenvalue weighted by molar-refractivity contribution is -0.136. The van der Waals surface area contributed by atoms with Crippen molar-refractivity contribution in [2.75, 3.05) is 11.4 Å². The number of ether oxygens (including phenoxy) is 1. The summed E-state index contributed by atoms with van der Waals surface area (Å²) in [5.41, 5.74) is -1.08. The average Bonchev–Trinajstić information content (AvgIpc) is 2.42. The topological polar surface area (TPSA) is 25.4 Å². The minimum absolute atomic E-state index is 0.0103. The van der Waals surface area contributed by atoms with Crippen LogP contribution in [0.25, 0.3) is 10.9 Å². The van der Waals surface area contributed by atoms with Gasteiger partial charge in [0.05, 0.1) is 16.8 Å². The molecule has 0 spiro atoms. The minimum atomic E-state index is -4.64. The van der Waals surface area contributed by atoms with Crippen LogP contribution in [-0.2, 0) is 6.18 Å². The van der Waals surface area contributed by atoms with Crippen LogP contribution < -0.4 is 9.64 Å². The standard InChI is InChI=1S/C14H8F6N2O/c15-13(16,17)7-22-3-4-23-12-6-10-8(5-11(12)22)9(1-2-21-10)14(18,19)20/h1-6H,7H2. The van der Waals surface area contributed by atoms with Crippen molar-refractivity contribution in [2.24, 2.45) is 0 Å². The van der Waals surface area contributed by atoms with Gasteiger partial charge in [-0.2, -0.15) is 26.3 Å². The highest BCUT2D eigenvalue weighted by atomic mass is 19.4. The molecular formula is C14H8F6N2O. The van der Waals surface area contributed by atoms with Gasteiger partial charge in [-0.25, -0.2) is 0 Å². The molecule has 0 bridgehead atoms. The molecule has 0 fully saturated rings. The Hall–Kier alpha value is -2.45. The zero-order chi connectivity index (χ0) is 16.8. The number of rotatable bonds is 1. The molecule has 1 aliphatic rings. The first-order valence-electron chi connectivity index (χ1n) is 6.32. The van der Waals surface area contributed by atoms with Crippen LogP contribution >= 0.6 is 0 Å². The molecule has 0 atom stereocenters. The summed E-state index contributed by atoms with van der Waals surface area (Å²) in [6, 6.07) is 2.98. The van der Waals surface area contributed by atoms with E-state index >= 15 is 0 Å². The number of nitrogens with zero attached hydrogens (tertiary/aromatic N) is 2. The van der Waals surface area contributed by atoms with E-state index in [0.717, 1.165) is 35.7 Å². The Morgan fingerprint density at radius 1 is 1.09 bits per heavy atom. The Morgan fingerprint density at radius 2 is 1.83 bits per heavy atom. The van der Waals surface area contributed by atoms with Gasteiger partial charge < -0.3 is 9.64 Å². The third-order valence-electron chi connectivity index (χ3n) is 3.22. The monoisotopic (exact) mass is 334 g/mol. The van der Waals surface area contributed by atoms with Crippen molar-refractivity contribution in [2.45, 2.75) is 12.4 Å². The maximum atomic E-state index is 13.1. The SMILES string of the molecule is FC(F)(F)CN1C=COc2cc3nccc(C(F)(F)F)c3cc21. The molecule has 0 N–H and O–H groups in total. The fraction of sp³-hybridized carbons (Fsp3) is 0.214. The largest absolute Gasteiger partial charge is 0.461 e. The molecule has 2 heterocycles. The molecule has 1 aromatic heterocycles. The summed E-state index contributed by atoms with van der Waals surface area (Å²) in [6.07, 6.45) is -6.12. The number of fused-ring (bicyclic) bond motifs is 2. The second-order valence-electron chi connectivity index (χ2n) is 4.84. The van der Waals surface area contributed by atoms with Crippen LogP contribution in [0, 0.1) is 0 Å². The van der Waals surface area contributed by atoms with Crippen LogP contribution in [-0.4, -0.2) is 17.7 Å². The van der Waals surface area contributed by atoms with Crippen LogP contribution in [0.5, 0.6) is 5.75 Å². The Morgan fingerprint density at radius 3 is 2.48 bits per heavy atom. The highest BCUT2D eigenvalue weighted by Crippen LogP contribution is 2.41. The van der Waals surface area contributed by atoms with E-state index in [1.807, 2.05) is 0 Å². The molecule has 0 amide bonds. The van der Waals surface area contributed by atoms with Gasteiger partial charge in [-0.3, -0.25) is 4.98 Å². The molecule has 0 saturated carbocycles. The Bertz CT molecular complexity index is 781. The molecular weight excluding hydrogens is 326 g/mol. The number of anilines is 1. The Labute approximate surface area is 125 Å². The van der Waals surface area contributed by atoms with Crippen LogP contribution in [0.4, 0.5) is 32.0 Å². The van der Waals surface area contributed by atoms with Crippen molar-refractivity contribution < 1.29 is 31.1 Å². The molecule has 23 heavy (non-hydrogen) atoms. The molecule has 0 saturated heterocycles. The molecule has 9 heteroatoms. The molecule has 0 radical (unpaired) electrons. The highest BCUT2D eigenvalue weighted by molar-refractivity contribution is 5.89. The van der Waals surface area contributed by atoms with E-state index < -0.39 is 24.5 Å². The zero-order valence-electron chi connectivity index (χ0n) is 11.2. The van der Waals surface area contributed by atoms with Gasteiger partial charge >= 0.3 is 12.4 Å². The van der Waals surface area contributed by atoms with E-state index in [9.17, 15) is 26.3 Å². The number of hydrogen-bond donors (Lipinski definition) is 0. The van der Waals surface area contributed by atoms with Crippen LogP contribution in [0.15, 0.2) is 36.9 Å². The van der Waals surface area contributed by atoms with E-state index in [1.54, 1.807) is 0 Å². The van der Waals surface area contributed by atoms with Crippen molar-refractivity contribution >= 4 is 16.6 Å². The molecule has 3 nitrogen and oxygen atoms in total. The first kappa shape index (κ1) is 15.4. The summed E-state index contributed by atoms with van der Waals surface area (Å²) < 4.78 is 82.1. The van der Waals surface area contributed by atoms with Gasteiger partial charge in [0.15, 0.2) is 5.75 Å². The number of alkyl halides is 6. The molecule has 1 aliphatic heterocycles. The quantitative estimate of drug-likeness (QED) is 0.719. The van der Waals surface area contributed by atoms with Gasteiger partial charge in [0.25, 0.3) is 0 Å². The third kappa shape index (κ3) is 3.03. The summed E-state index contributed by atoms with van der Waals surface area (Å²) in [5.74, 6) is 0.0103. The minimum Gasteiger partial charge on any atom is -0.461 e. The maximum absolute atomic E-state index is 13.1. The number of halogens is 6. The Balaban J connectivity index is 2.17. The summed E-state index contributed by atoms with van der Waals surface area (Å²) in [6.45, 7) is -1.34. The van der Waals surface area contributed by atoms with Gasteiger partial charge in [0, 0.05) is 23.8 Å². The van der Waals surface area contributed by atoms with Gasteiger partial charge in [0.1, 0.15) is 12.8 Å². The van der Waals surface area contributed by atoms with Gasteiger partial charge in [-0.15, -0.1) is 0 Å². The van der Waals surface area contributed by atoms with E-state index in [-0.39, 0.29) is 22.3 Å². The molecule has 0 aliphatic carbocycles. The summed E-state index contributed by atoms with van der Waals surface area (Å²) in [7, 11) is 0. The van der Waals surface area contributed by atoms with Crippen molar-refractivity contribution in [1.82, 2.24) is 4.98 Å². The molecule has 0 unspecified atom stereocenters. The van der Waals surface area contributed by atoms with Crippen molar-refractivity contribution in [3.05, 3.63) is 42.4 Å². The summed E-state index contributed by atoms with van der Waals surface area (Å²) >= 11 is 0. The zero-order valence-corrected chi connectivity index (χ0v) is 11.2. The number of hydrogen-bond acceptors (Lipinski definition) is 3. The number of pyridine rings is 1. The van der Waals surface area contributed by atoms with Crippen molar-refractivity contribution in [1.29, 1.82) is 0 Å². The summed E-state index contributed by atoms with van der Waals surface area (Å²) in [4.78, 5) is 4.60. The van der Waals surface area contributed by atoms with Crippen molar-refractivity contribution in [3.8, 4) is 5.75 Å². The predicted octanol–water partition coefficient (Wildman–Crippen LogP) is 4.49.